The Balaban J connectivity index is 1.69. The summed E-state index contributed by atoms with van der Waals surface area (Å²) >= 11 is 2.02. The van der Waals surface area contributed by atoms with Gasteiger partial charge in [0.15, 0.2) is 0 Å². The smallest absolute Gasteiger partial charge is 0.232 e. The average molecular weight is 310 g/mol. The second-order valence-electron chi connectivity index (χ2n) is 5.24. The first kappa shape index (κ1) is 14.6. The second-order valence-corrected chi connectivity index (χ2v) is 6.39. The quantitative estimate of drug-likeness (QED) is 0.831. The number of anilines is 3. The first-order chi connectivity index (χ1) is 10.3. The monoisotopic (exact) mass is 310 g/mol. The van der Waals surface area contributed by atoms with Crippen molar-refractivity contribution in [3.05, 3.63) is 0 Å². The molecule has 2 aliphatic rings. The highest BCUT2D eigenvalue weighted by Gasteiger charge is 2.18. The Hall–Kier alpha value is -1.28. The van der Waals surface area contributed by atoms with Gasteiger partial charge >= 0.3 is 0 Å². The molecule has 2 saturated heterocycles. The van der Waals surface area contributed by atoms with Crippen LogP contribution in [0.1, 0.15) is 6.42 Å². The number of aromatic nitrogens is 3. The number of ether oxygens (including phenoxy) is 1. The van der Waals surface area contributed by atoms with Gasteiger partial charge in [0.2, 0.25) is 17.8 Å². The summed E-state index contributed by atoms with van der Waals surface area (Å²) in [4.78, 5) is 15.5. The Bertz CT molecular complexity index is 462. The van der Waals surface area contributed by atoms with Crippen molar-refractivity contribution >= 4 is 29.6 Å². The SMILES string of the molecule is CNc1nc(NCC2CCSC2)nc(N2CCOCC2)n1. The van der Waals surface area contributed by atoms with Crippen molar-refractivity contribution in [2.24, 2.45) is 5.92 Å². The minimum absolute atomic E-state index is 0.606. The molecule has 0 radical (unpaired) electrons. The van der Waals surface area contributed by atoms with Crippen LogP contribution in [0, 0.1) is 5.92 Å². The molecule has 0 aliphatic carbocycles. The summed E-state index contributed by atoms with van der Waals surface area (Å²) < 4.78 is 5.38. The maximum atomic E-state index is 5.38. The second kappa shape index (κ2) is 7.13. The highest BCUT2D eigenvalue weighted by molar-refractivity contribution is 7.99. The van der Waals surface area contributed by atoms with E-state index in [1.807, 2.05) is 18.8 Å². The Labute approximate surface area is 129 Å². The van der Waals surface area contributed by atoms with E-state index in [1.54, 1.807) is 0 Å². The zero-order chi connectivity index (χ0) is 14.5. The summed E-state index contributed by atoms with van der Waals surface area (Å²) in [6, 6.07) is 0. The summed E-state index contributed by atoms with van der Waals surface area (Å²) in [6.07, 6.45) is 1.28. The number of morpholine rings is 1. The van der Waals surface area contributed by atoms with Gasteiger partial charge in [0, 0.05) is 26.7 Å². The highest BCUT2D eigenvalue weighted by atomic mass is 32.2. The summed E-state index contributed by atoms with van der Waals surface area (Å²) in [6.45, 7) is 4.03. The molecule has 0 saturated carbocycles. The van der Waals surface area contributed by atoms with E-state index in [2.05, 4.69) is 30.5 Å². The van der Waals surface area contributed by atoms with E-state index in [9.17, 15) is 0 Å². The fourth-order valence-electron chi connectivity index (χ4n) is 2.44. The fraction of sp³-hybridized carbons (Fsp3) is 0.769. The molecular formula is C13H22N6OS. The normalized spacial score (nSPS) is 22.3. The van der Waals surface area contributed by atoms with E-state index in [4.69, 9.17) is 4.74 Å². The van der Waals surface area contributed by atoms with E-state index in [1.165, 1.54) is 17.9 Å². The summed E-state index contributed by atoms with van der Waals surface area (Å²) in [5.74, 6) is 5.21. The molecule has 0 aromatic carbocycles. The van der Waals surface area contributed by atoms with E-state index in [0.717, 1.165) is 44.7 Å². The zero-order valence-electron chi connectivity index (χ0n) is 12.3. The number of nitrogens with zero attached hydrogens (tertiary/aromatic N) is 4. The van der Waals surface area contributed by atoms with Gasteiger partial charge in [0.25, 0.3) is 0 Å². The summed E-state index contributed by atoms with van der Waals surface area (Å²) in [5, 5.41) is 6.38. The highest BCUT2D eigenvalue weighted by Crippen LogP contribution is 2.23. The van der Waals surface area contributed by atoms with Crippen LogP contribution in [0.2, 0.25) is 0 Å². The van der Waals surface area contributed by atoms with Crippen molar-refractivity contribution in [2.75, 3.05) is 66.9 Å². The number of nitrogens with one attached hydrogen (secondary N) is 2. The molecule has 3 rings (SSSR count). The van der Waals surface area contributed by atoms with E-state index in [-0.39, 0.29) is 0 Å². The van der Waals surface area contributed by atoms with Crippen LogP contribution in [0.15, 0.2) is 0 Å². The van der Waals surface area contributed by atoms with Gasteiger partial charge < -0.3 is 20.3 Å². The summed E-state index contributed by atoms with van der Waals surface area (Å²) in [7, 11) is 1.83. The van der Waals surface area contributed by atoms with Gasteiger partial charge in [-0.25, -0.2) is 0 Å². The Morgan fingerprint density at radius 3 is 2.76 bits per heavy atom. The van der Waals surface area contributed by atoms with Gasteiger partial charge in [0.05, 0.1) is 13.2 Å². The van der Waals surface area contributed by atoms with E-state index < -0.39 is 0 Å². The zero-order valence-corrected chi connectivity index (χ0v) is 13.2. The lowest BCUT2D eigenvalue weighted by atomic mass is 10.1. The van der Waals surface area contributed by atoms with Crippen molar-refractivity contribution in [2.45, 2.75) is 6.42 Å². The minimum Gasteiger partial charge on any atom is -0.378 e. The van der Waals surface area contributed by atoms with Crippen LogP contribution in [0.4, 0.5) is 17.8 Å². The largest absolute Gasteiger partial charge is 0.378 e. The molecule has 116 valence electrons. The van der Waals surface area contributed by atoms with Crippen molar-refractivity contribution < 1.29 is 4.74 Å². The molecule has 1 unspecified atom stereocenters. The molecular weight excluding hydrogens is 288 g/mol. The third-order valence-corrected chi connectivity index (χ3v) is 4.95. The third kappa shape index (κ3) is 3.88. The Morgan fingerprint density at radius 2 is 2.05 bits per heavy atom. The molecule has 8 heteroatoms. The van der Waals surface area contributed by atoms with Crippen LogP contribution < -0.4 is 15.5 Å². The summed E-state index contributed by atoms with van der Waals surface area (Å²) in [5.41, 5.74) is 0. The topological polar surface area (TPSA) is 75.2 Å². The van der Waals surface area contributed by atoms with Gasteiger partial charge in [-0.05, 0) is 23.8 Å². The predicted octanol–water partition coefficient (Wildman–Crippen LogP) is 0.915. The molecule has 1 atom stereocenters. The standard InChI is InChI=1S/C13H22N6OS/c1-14-11-16-12(15-8-10-2-7-21-9-10)18-13(17-11)19-3-5-20-6-4-19/h10H,2-9H2,1H3,(H2,14,15,16,17,18). The first-order valence-corrected chi connectivity index (χ1v) is 8.59. The molecule has 0 spiro atoms. The number of rotatable bonds is 5. The molecule has 21 heavy (non-hydrogen) atoms. The van der Waals surface area contributed by atoms with Crippen LogP contribution in [0.3, 0.4) is 0 Å². The predicted molar refractivity (Wildman–Crippen MR) is 86.3 cm³/mol. The molecule has 2 aliphatic heterocycles. The van der Waals surface area contributed by atoms with Crippen molar-refractivity contribution in [3.8, 4) is 0 Å². The van der Waals surface area contributed by atoms with Crippen LogP contribution in [0.5, 0.6) is 0 Å². The number of hydrogen-bond acceptors (Lipinski definition) is 8. The number of hydrogen-bond donors (Lipinski definition) is 2. The molecule has 0 bridgehead atoms. The van der Waals surface area contributed by atoms with Gasteiger partial charge in [-0.15, -0.1) is 0 Å². The van der Waals surface area contributed by atoms with Crippen LogP contribution >= 0.6 is 11.8 Å². The maximum Gasteiger partial charge on any atom is 0.232 e. The molecule has 1 aromatic heterocycles. The minimum atomic E-state index is 0.606. The van der Waals surface area contributed by atoms with Gasteiger partial charge in [-0.3, -0.25) is 0 Å². The molecule has 3 heterocycles. The molecule has 1 aromatic rings. The third-order valence-electron chi connectivity index (χ3n) is 3.71. The maximum absolute atomic E-state index is 5.38. The lowest BCUT2D eigenvalue weighted by molar-refractivity contribution is 0.122. The van der Waals surface area contributed by atoms with Crippen LogP contribution in [-0.2, 0) is 4.74 Å². The lowest BCUT2D eigenvalue weighted by Gasteiger charge is -2.27. The fourth-order valence-corrected chi connectivity index (χ4v) is 3.72. The Morgan fingerprint density at radius 1 is 1.24 bits per heavy atom. The van der Waals surface area contributed by atoms with E-state index >= 15 is 0 Å². The number of thioether (sulfide) groups is 1. The first-order valence-electron chi connectivity index (χ1n) is 7.43. The van der Waals surface area contributed by atoms with Crippen molar-refractivity contribution in [1.29, 1.82) is 0 Å². The lowest BCUT2D eigenvalue weighted by Crippen LogP contribution is -2.37. The molecule has 2 fully saturated rings. The van der Waals surface area contributed by atoms with Crippen LogP contribution in [-0.4, -0.2) is 66.4 Å². The molecule has 7 nitrogen and oxygen atoms in total. The van der Waals surface area contributed by atoms with Crippen molar-refractivity contribution in [1.82, 2.24) is 15.0 Å². The Kier molecular flexibility index (Phi) is 4.97. The van der Waals surface area contributed by atoms with Gasteiger partial charge in [-0.2, -0.15) is 26.7 Å². The molecule has 2 N–H and O–H groups in total. The van der Waals surface area contributed by atoms with Gasteiger partial charge in [-0.1, -0.05) is 0 Å². The van der Waals surface area contributed by atoms with Gasteiger partial charge in [0.1, 0.15) is 0 Å². The van der Waals surface area contributed by atoms with E-state index in [0.29, 0.717) is 11.9 Å². The van der Waals surface area contributed by atoms with Crippen molar-refractivity contribution in [3.63, 3.8) is 0 Å². The molecule has 0 amide bonds. The average Bonchev–Trinajstić information content (AvgIpc) is 3.07. The van der Waals surface area contributed by atoms with Crippen LogP contribution in [0.25, 0.3) is 0 Å².